The molecule has 158 valence electrons. The fourth-order valence-corrected chi connectivity index (χ4v) is 5.67. The van der Waals surface area contributed by atoms with Gasteiger partial charge in [-0.05, 0) is 26.3 Å². The van der Waals surface area contributed by atoms with Crippen LogP contribution in [0.4, 0.5) is 13.2 Å². The van der Waals surface area contributed by atoms with E-state index in [0.717, 1.165) is 0 Å². The van der Waals surface area contributed by atoms with Crippen molar-refractivity contribution in [1.29, 1.82) is 0 Å². The number of alkyl halides is 3. The molecule has 1 aromatic rings. The lowest BCUT2D eigenvalue weighted by Gasteiger charge is -2.51. The highest BCUT2D eigenvalue weighted by Crippen LogP contribution is 2.45. The number of carboxylic acid groups (broad SMARTS) is 1. The first-order valence-electron chi connectivity index (χ1n) is 8.55. The minimum atomic E-state index is -5.08. The number of sulfone groups is 1. The summed E-state index contributed by atoms with van der Waals surface area (Å²) < 4.78 is 61.6. The van der Waals surface area contributed by atoms with Crippen LogP contribution >= 0.6 is 0 Å². The quantitative estimate of drug-likeness (QED) is 0.771. The summed E-state index contributed by atoms with van der Waals surface area (Å²) in [4.78, 5) is 19.1. The normalized spacial score (nSPS) is 23.0. The minimum absolute atomic E-state index is 0.0290. The van der Waals surface area contributed by atoms with Crippen LogP contribution in [-0.4, -0.2) is 76.8 Å². The molecular weight excluding hydrogens is 403 g/mol. The van der Waals surface area contributed by atoms with E-state index in [1.165, 1.54) is 0 Å². The number of rotatable bonds is 4. The number of aromatic nitrogens is 2. The van der Waals surface area contributed by atoms with Crippen molar-refractivity contribution in [2.45, 2.75) is 37.2 Å². The summed E-state index contributed by atoms with van der Waals surface area (Å²) in [5.74, 6) is -2.46. The first-order chi connectivity index (χ1) is 12.9. The van der Waals surface area contributed by atoms with Gasteiger partial charge in [-0.3, -0.25) is 4.90 Å². The van der Waals surface area contributed by atoms with Gasteiger partial charge in [0.05, 0.1) is 12.4 Å². The van der Waals surface area contributed by atoms with Crippen molar-refractivity contribution < 1.29 is 36.2 Å². The van der Waals surface area contributed by atoms with Gasteiger partial charge in [0.15, 0.2) is 9.84 Å². The number of aliphatic carboxylic acids is 1. The van der Waals surface area contributed by atoms with Crippen molar-refractivity contribution in [1.82, 2.24) is 14.9 Å². The smallest absolute Gasteiger partial charge is 0.475 e. The largest absolute Gasteiger partial charge is 0.490 e. The predicted octanol–water partition coefficient (Wildman–Crippen LogP) is 1.39. The Bertz CT molecular complexity index is 780. The zero-order valence-corrected chi connectivity index (χ0v) is 16.2. The van der Waals surface area contributed by atoms with Crippen LogP contribution in [0, 0.1) is 5.92 Å². The maximum Gasteiger partial charge on any atom is 0.490 e. The van der Waals surface area contributed by atoms with Crippen molar-refractivity contribution in [2.24, 2.45) is 5.92 Å². The molecule has 12 heteroatoms. The molecule has 1 atom stereocenters. The summed E-state index contributed by atoms with van der Waals surface area (Å²) in [7, 11) is -3.03. The van der Waals surface area contributed by atoms with E-state index in [1.54, 1.807) is 18.5 Å². The third-order valence-electron chi connectivity index (χ3n) is 4.97. The van der Waals surface area contributed by atoms with Crippen LogP contribution in [0.5, 0.6) is 6.01 Å². The zero-order chi connectivity index (χ0) is 21.2. The molecule has 0 saturated carbocycles. The molecule has 1 N–H and O–H groups in total. The highest BCUT2D eigenvalue weighted by Gasteiger charge is 2.61. The van der Waals surface area contributed by atoms with Crippen LogP contribution in [0.3, 0.4) is 0 Å². The summed E-state index contributed by atoms with van der Waals surface area (Å²) in [6.45, 7) is 5.80. The molecule has 2 aliphatic rings. The fourth-order valence-electron chi connectivity index (χ4n) is 3.25. The van der Waals surface area contributed by atoms with Crippen molar-refractivity contribution in [2.75, 3.05) is 25.4 Å². The topological polar surface area (TPSA) is 110 Å². The third kappa shape index (κ3) is 4.72. The maximum absolute atomic E-state index is 12.4. The van der Waals surface area contributed by atoms with Crippen molar-refractivity contribution >= 4 is 15.8 Å². The van der Waals surface area contributed by atoms with Gasteiger partial charge in [0.1, 0.15) is 4.75 Å². The lowest BCUT2D eigenvalue weighted by atomic mass is 9.83. The second-order valence-electron chi connectivity index (χ2n) is 7.01. The summed E-state index contributed by atoms with van der Waals surface area (Å²) in [6.07, 6.45) is -1.18. The standard InChI is InChI=1S/C14H21N3O3S.C2HF3O2/c1-11(2)17-9-14(10-17)12(4-7-21(14,18)19)8-20-13-15-5-3-6-16-13;3-2(4,5)1(6)7/h3,5-6,11-12H,4,7-10H2,1-2H3;(H,6,7). The van der Waals surface area contributed by atoms with Crippen molar-refractivity contribution in [3.63, 3.8) is 0 Å². The monoisotopic (exact) mass is 425 g/mol. The van der Waals surface area contributed by atoms with Crippen LogP contribution in [0.1, 0.15) is 20.3 Å². The summed E-state index contributed by atoms with van der Waals surface area (Å²) in [5.41, 5.74) is 0. The number of hydrogen-bond donors (Lipinski definition) is 1. The number of ether oxygens (including phenoxy) is 1. The Kier molecular flexibility index (Phi) is 6.54. The van der Waals surface area contributed by atoms with Crippen molar-refractivity contribution in [3.8, 4) is 6.01 Å². The molecule has 1 unspecified atom stereocenters. The molecule has 3 rings (SSSR count). The van der Waals surface area contributed by atoms with E-state index in [2.05, 4.69) is 28.7 Å². The van der Waals surface area contributed by atoms with E-state index >= 15 is 0 Å². The van der Waals surface area contributed by atoms with Gasteiger partial charge in [0, 0.05) is 37.4 Å². The van der Waals surface area contributed by atoms with Crippen molar-refractivity contribution in [3.05, 3.63) is 18.5 Å². The number of hydrogen-bond acceptors (Lipinski definition) is 7. The average Bonchev–Trinajstić information content (AvgIpc) is 2.82. The molecule has 1 spiro atoms. The average molecular weight is 425 g/mol. The van der Waals surface area contributed by atoms with Gasteiger partial charge in [0.2, 0.25) is 0 Å². The van der Waals surface area contributed by atoms with Gasteiger partial charge >= 0.3 is 18.2 Å². The minimum Gasteiger partial charge on any atom is -0.475 e. The molecule has 0 radical (unpaired) electrons. The van der Waals surface area contributed by atoms with Gasteiger partial charge in [-0.1, -0.05) is 0 Å². The summed E-state index contributed by atoms with van der Waals surface area (Å²) in [5, 5.41) is 7.12. The molecule has 8 nitrogen and oxygen atoms in total. The van der Waals surface area contributed by atoms with E-state index in [0.29, 0.717) is 38.2 Å². The third-order valence-corrected chi connectivity index (χ3v) is 7.57. The second kappa shape index (κ2) is 8.19. The number of carbonyl (C=O) groups is 1. The van der Waals surface area contributed by atoms with E-state index in [1.807, 2.05) is 0 Å². The van der Waals surface area contributed by atoms with Gasteiger partial charge in [0.25, 0.3) is 0 Å². The predicted molar refractivity (Wildman–Crippen MR) is 92.6 cm³/mol. The lowest BCUT2D eigenvalue weighted by Crippen LogP contribution is -2.69. The van der Waals surface area contributed by atoms with Gasteiger partial charge < -0.3 is 9.84 Å². The fraction of sp³-hybridized carbons (Fsp3) is 0.688. The van der Waals surface area contributed by atoms with Crippen LogP contribution in [0.25, 0.3) is 0 Å². The molecule has 1 aromatic heterocycles. The Morgan fingerprint density at radius 2 is 1.89 bits per heavy atom. The maximum atomic E-state index is 12.4. The Morgan fingerprint density at radius 3 is 2.36 bits per heavy atom. The lowest BCUT2D eigenvalue weighted by molar-refractivity contribution is -0.192. The number of halogens is 3. The van der Waals surface area contributed by atoms with E-state index in [-0.39, 0.29) is 11.7 Å². The molecule has 3 heterocycles. The molecule has 2 aliphatic heterocycles. The summed E-state index contributed by atoms with van der Waals surface area (Å²) >= 11 is 0. The van der Waals surface area contributed by atoms with Crippen LogP contribution < -0.4 is 4.74 Å². The van der Waals surface area contributed by atoms with Crippen LogP contribution in [0.2, 0.25) is 0 Å². The number of carboxylic acids is 1. The van der Waals surface area contributed by atoms with E-state index < -0.39 is 26.7 Å². The molecule has 2 saturated heterocycles. The zero-order valence-electron chi connectivity index (χ0n) is 15.4. The van der Waals surface area contributed by atoms with Gasteiger partial charge in [-0.15, -0.1) is 0 Å². The van der Waals surface area contributed by atoms with E-state index in [4.69, 9.17) is 14.6 Å². The highest BCUT2D eigenvalue weighted by molar-refractivity contribution is 7.93. The van der Waals surface area contributed by atoms with Crippen LogP contribution in [-0.2, 0) is 14.6 Å². The highest BCUT2D eigenvalue weighted by atomic mass is 32.2. The molecular formula is C16H22F3N3O5S. The SMILES string of the molecule is CC(C)N1CC2(C1)C(COc1ncccn1)CCS2(=O)=O.O=C(O)C(F)(F)F. The number of likely N-dealkylation sites (tertiary alicyclic amines) is 1. The molecule has 0 amide bonds. The molecule has 28 heavy (non-hydrogen) atoms. The van der Waals surface area contributed by atoms with Gasteiger partial charge in [-0.2, -0.15) is 13.2 Å². The second-order valence-corrected chi connectivity index (χ2v) is 9.46. The first kappa shape index (κ1) is 22.3. The number of nitrogens with zero attached hydrogens (tertiary/aromatic N) is 3. The summed E-state index contributed by atoms with van der Waals surface area (Å²) in [6, 6.07) is 2.42. The molecule has 0 aliphatic carbocycles. The molecule has 2 fully saturated rings. The Balaban J connectivity index is 0.000000345. The van der Waals surface area contributed by atoms with Crippen LogP contribution in [0.15, 0.2) is 18.5 Å². The van der Waals surface area contributed by atoms with Gasteiger partial charge in [-0.25, -0.2) is 23.2 Å². The Labute approximate surface area is 160 Å². The first-order valence-corrected chi connectivity index (χ1v) is 10.2. The Hall–Kier alpha value is -1.95. The molecule has 0 aromatic carbocycles. The Morgan fingerprint density at radius 1 is 1.36 bits per heavy atom. The van der Waals surface area contributed by atoms with E-state index in [9.17, 15) is 21.6 Å². The molecule has 0 bridgehead atoms.